The van der Waals surface area contributed by atoms with Gasteiger partial charge in [0.25, 0.3) is 0 Å². The number of hydrogen-bond acceptors (Lipinski definition) is 2. The maximum atomic E-state index is 11.0. The highest BCUT2D eigenvalue weighted by Gasteiger charge is 1.98. The van der Waals surface area contributed by atoms with Crippen molar-refractivity contribution < 1.29 is 9.53 Å². The Labute approximate surface area is 105 Å². The maximum Gasteiger partial charge on any atom is 0.309 e. The molecular formula is C12H12Cl2O2. The van der Waals surface area contributed by atoms with E-state index in [9.17, 15) is 4.79 Å². The Hall–Kier alpha value is -0.990. The van der Waals surface area contributed by atoms with Crippen molar-refractivity contribution in [2.24, 2.45) is 0 Å². The monoisotopic (exact) mass is 258 g/mol. The Bertz CT molecular complexity index is 400. The average Bonchev–Trinajstić information content (AvgIpc) is 2.24. The molecule has 0 unspecified atom stereocenters. The minimum atomic E-state index is -0.237. The van der Waals surface area contributed by atoms with Crippen molar-refractivity contribution in [1.29, 1.82) is 0 Å². The van der Waals surface area contributed by atoms with Crippen LogP contribution < -0.4 is 0 Å². The Morgan fingerprint density at radius 3 is 2.75 bits per heavy atom. The number of ether oxygens (including phenoxy) is 1. The number of rotatable bonds is 4. The van der Waals surface area contributed by atoms with Crippen LogP contribution in [0.4, 0.5) is 0 Å². The van der Waals surface area contributed by atoms with Gasteiger partial charge < -0.3 is 4.74 Å². The number of carbonyl (C=O) groups excluding carboxylic acids is 1. The fourth-order valence-corrected chi connectivity index (χ4v) is 1.43. The van der Waals surface area contributed by atoms with Crippen molar-refractivity contribution in [1.82, 2.24) is 0 Å². The van der Waals surface area contributed by atoms with E-state index in [0.717, 1.165) is 5.56 Å². The van der Waals surface area contributed by atoms with E-state index in [-0.39, 0.29) is 12.4 Å². The Kier molecular flexibility index (Phi) is 5.36. The molecular weight excluding hydrogens is 247 g/mol. The number of esters is 1. The summed E-state index contributed by atoms with van der Waals surface area (Å²) in [5, 5.41) is 1.02. The SMILES string of the molecule is CCOC(=O)CC=Cc1ccc(Cl)c(Cl)c1. The van der Waals surface area contributed by atoms with Gasteiger partial charge in [-0.25, -0.2) is 0 Å². The van der Waals surface area contributed by atoms with Crippen LogP contribution in [-0.2, 0) is 9.53 Å². The summed E-state index contributed by atoms with van der Waals surface area (Å²) >= 11 is 11.6. The fraction of sp³-hybridized carbons (Fsp3) is 0.250. The third kappa shape index (κ3) is 4.25. The first kappa shape index (κ1) is 13.1. The second kappa shape index (κ2) is 6.56. The van der Waals surface area contributed by atoms with Crippen molar-refractivity contribution in [3.63, 3.8) is 0 Å². The number of carbonyl (C=O) groups is 1. The normalized spacial score (nSPS) is 10.7. The van der Waals surface area contributed by atoms with Crippen molar-refractivity contribution >= 4 is 35.2 Å². The van der Waals surface area contributed by atoms with Gasteiger partial charge in [0, 0.05) is 0 Å². The molecule has 0 atom stereocenters. The lowest BCUT2D eigenvalue weighted by molar-refractivity contribution is -0.142. The molecule has 16 heavy (non-hydrogen) atoms. The highest BCUT2D eigenvalue weighted by atomic mass is 35.5. The van der Waals surface area contributed by atoms with E-state index in [1.807, 2.05) is 6.07 Å². The summed E-state index contributed by atoms with van der Waals surface area (Å²) in [6, 6.07) is 5.29. The molecule has 0 fully saturated rings. The molecule has 0 aromatic heterocycles. The molecule has 1 aromatic rings. The van der Waals surface area contributed by atoms with E-state index in [1.165, 1.54) is 0 Å². The molecule has 0 aliphatic heterocycles. The Morgan fingerprint density at radius 1 is 1.38 bits per heavy atom. The van der Waals surface area contributed by atoms with E-state index in [4.69, 9.17) is 27.9 Å². The van der Waals surface area contributed by atoms with Crippen molar-refractivity contribution in [2.45, 2.75) is 13.3 Å². The third-order valence-electron chi connectivity index (χ3n) is 1.84. The van der Waals surface area contributed by atoms with Crippen LogP contribution in [0.15, 0.2) is 24.3 Å². The van der Waals surface area contributed by atoms with Gasteiger partial charge in [-0.2, -0.15) is 0 Å². The van der Waals surface area contributed by atoms with Crippen LogP contribution in [-0.4, -0.2) is 12.6 Å². The van der Waals surface area contributed by atoms with Crippen LogP contribution in [0.3, 0.4) is 0 Å². The quantitative estimate of drug-likeness (QED) is 0.765. The summed E-state index contributed by atoms with van der Waals surface area (Å²) in [4.78, 5) is 11.0. The van der Waals surface area contributed by atoms with Crippen LogP contribution in [0, 0.1) is 0 Å². The summed E-state index contributed by atoms with van der Waals surface area (Å²) in [5.74, 6) is -0.237. The molecule has 0 N–H and O–H groups in total. The summed E-state index contributed by atoms with van der Waals surface area (Å²) in [6.45, 7) is 2.18. The Balaban J connectivity index is 2.56. The molecule has 0 heterocycles. The molecule has 0 spiro atoms. The third-order valence-corrected chi connectivity index (χ3v) is 2.58. The summed E-state index contributed by atoms with van der Waals surface area (Å²) < 4.78 is 4.79. The minimum Gasteiger partial charge on any atom is -0.466 e. The molecule has 1 rings (SSSR count). The van der Waals surface area contributed by atoms with E-state index >= 15 is 0 Å². The first-order valence-electron chi connectivity index (χ1n) is 4.90. The lowest BCUT2D eigenvalue weighted by Crippen LogP contribution is -2.01. The van der Waals surface area contributed by atoms with Gasteiger partial charge in [0.05, 0.1) is 23.1 Å². The van der Waals surface area contributed by atoms with Crippen molar-refractivity contribution in [2.75, 3.05) is 6.61 Å². The highest BCUT2D eigenvalue weighted by Crippen LogP contribution is 2.23. The van der Waals surface area contributed by atoms with Gasteiger partial charge in [-0.1, -0.05) is 41.4 Å². The lowest BCUT2D eigenvalue weighted by atomic mass is 10.2. The zero-order valence-corrected chi connectivity index (χ0v) is 10.4. The van der Waals surface area contributed by atoms with Crippen LogP contribution in [0.2, 0.25) is 10.0 Å². The lowest BCUT2D eigenvalue weighted by Gasteiger charge is -1.98. The first-order valence-corrected chi connectivity index (χ1v) is 5.66. The van der Waals surface area contributed by atoms with Crippen LogP contribution in [0.25, 0.3) is 6.08 Å². The van der Waals surface area contributed by atoms with E-state index in [2.05, 4.69) is 0 Å². The maximum absolute atomic E-state index is 11.0. The van der Waals surface area contributed by atoms with Gasteiger partial charge in [-0.3, -0.25) is 4.79 Å². The van der Waals surface area contributed by atoms with Gasteiger partial charge >= 0.3 is 5.97 Å². The number of hydrogen-bond donors (Lipinski definition) is 0. The van der Waals surface area contributed by atoms with Crippen LogP contribution in [0.5, 0.6) is 0 Å². The smallest absolute Gasteiger partial charge is 0.309 e. The van der Waals surface area contributed by atoms with E-state index in [0.29, 0.717) is 16.7 Å². The zero-order valence-electron chi connectivity index (χ0n) is 8.87. The van der Waals surface area contributed by atoms with Crippen molar-refractivity contribution in [3.05, 3.63) is 39.9 Å². The van der Waals surface area contributed by atoms with Gasteiger partial charge in [0.2, 0.25) is 0 Å². The molecule has 0 radical (unpaired) electrons. The second-order valence-corrected chi connectivity index (χ2v) is 3.90. The second-order valence-electron chi connectivity index (χ2n) is 3.09. The molecule has 0 amide bonds. The number of halogens is 2. The fourth-order valence-electron chi connectivity index (χ4n) is 1.13. The van der Waals surface area contributed by atoms with Crippen LogP contribution in [0.1, 0.15) is 18.9 Å². The van der Waals surface area contributed by atoms with Crippen LogP contribution >= 0.6 is 23.2 Å². The average molecular weight is 259 g/mol. The molecule has 2 nitrogen and oxygen atoms in total. The minimum absolute atomic E-state index is 0.237. The van der Waals surface area contributed by atoms with Crippen molar-refractivity contribution in [3.8, 4) is 0 Å². The predicted octanol–water partition coefficient (Wildman–Crippen LogP) is 3.96. The molecule has 0 saturated heterocycles. The molecule has 4 heteroatoms. The van der Waals surface area contributed by atoms with Gasteiger partial charge in [-0.05, 0) is 24.6 Å². The first-order chi connectivity index (χ1) is 7.63. The summed E-state index contributed by atoms with van der Waals surface area (Å²) in [6.07, 6.45) is 3.80. The van der Waals surface area contributed by atoms with Gasteiger partial charge in [0.15, 0.2) is 0 Å². The van der Waals surface area contributed by atoms with Gasteiger partial charge in [0.1, 0.15) is 0 Å². The zero-order chi connectivity index (χ0) is 12.0. The summed E-state index contributed by atoms with van der Waals surface area (Å²) in [5.41, 5.74) is 0.902. The largest absolute Gasteiger partial charge is 0.466 e. The molecule has 0 saturated carbocycles. The standard InChI is InChI=1S/C12H12Cl2O2/c1-2-16-12(15)5-3-4-9-6-7-10(13)11(14)8-9/h3-4,6-8H,2,5H2,1H3. The molecule has 1 aromatic carbocycles. The number of benzene rings is 1. The predicted molar refractivity (Wildman–Crippen MR) is 66.7 cm³/mol. The highest BCUT2D eigenvalue weighted by molar-refractivity contribution is 6.42. The Morgan fingerprint density at radius 2 is 2.12 bits per heavy atom. The van der Waals surface area contributed by atoms with E-state index < -0.39 is 0 Å². The topological polar surface area (TPSA) is 26.3 Å². The molecule has 0 bridgehead atoms. The molecule has 0 aliphatic rings. The van der Waals surface area contributed by atoms with Gasteiger partial charge in [-0.15, -0.1) is 0 Å². The van der Waals surface area contributed by atoms with E-state index in [1.54, 1.807) is 31.2 Å². The molecule has 0 aliphatic carbocycles. The summed E-state index contributed by atoms with van der Waals surface area (Å²) in [7, 11) is 0. The molecule has 86 valence electrons.